The fourth-order valence-corrected chi connectivity index (χ4v) is 9.74. The Balaban J connectivity index is 1.46. The number of benzene rings is 2. The van der Waals surface area contributed by atoms with Crippen LogP contribution in [0.1, 0.15) is 243 Å². The molecule has 1 aliphatic rings. The first-order chi connectivity index (χ1) is 27.8. The predicted octanol–water partition coefficient (Wildman–Crippen LogP) is 17.3. The molecule has 2 nitrogen and oxygen atoms in total. The maximum absolute atomic E-state index is 2.80. The highest BCUT2D eigenvalue weighted by Crippen LogP contribution is 2.45. The first-order valence-corrected chi connectivity index (χ1v) is 25.1. The minimum absolute atomic E-state index is 0.0665. The van der Waals surface area contributed by atoms with E-state index in [1.807, 2.05) is 0 Å². The van der Waals surface area contributed by atoms with Crippen LogP contribution in [0.15, 0.2) is 73.1 Å². The maximum atomic E-state index is 2.80. The van der Waals surface area contributed by atoms with E-state index in [-0.39, 0.29) is 5.66 Å². The third-order valence-corrected chi connectivity index (χ3v) is 13.2. The van der Waals surface area contributed by atoms with Crippen molar-refractivity contribution in [3.63, 3.8) is 0 Å². The maximum Gasteiger partial charge on any atom is 0.123 e. The van der Waals surface area contributed by atoms with Gasteiger partial charge in [0.05, 0.1) is 0 Å². The van der Waals surface area contributed by atoms with Gasteiger partial charge >= 0.3 is 0 Å². The van der Waals surface area contributed by atoms with E-state index < -0.39 is 0 Å². The molecule has 0 bridgehead atoms. The molecule has 2 atom stereocenters. The topological polar surface area (TPSA) is 6.48 Å². The van der Waals surface area contributed by atoms with Crippen molar-refractivity contribution in [2.45, 2.75) is 244 Å². The second-order valence-corrected chi connectivity index (χ2v) is 17.9. The van der Waals surface area contributed by atoms with E-state index in [1.54, 1.807) is 0 Å². The SMILES string of the molecule is CCCCCCCCCCCCCCCCCCN1C=CN(CCCCCCCCCCCCCCCCC)C1(Cc1ccccc1)C(CC)c1ccccc1. The van der Waals surface area contributed by atoms with Gasteiger partial charge in [0.25, 0.3) is 0 Å². The van der Waals surface area contributed by atoms with E-state index in [1.165, 1.54) is 210 Å². The predicted molar refractivity (Wildman–Crippen MR) is 249 cm³/mol. The summed E-state index contributed by atoms with van der Waals surface area (Å²) in [5.41, 5.74) is 2.89. The molecule has 0 N–H and O–H groups in total. The monoisotopic (exact) mass is 769 g/mol. The van der Waals surface area contributed by atoms with E-state index in [2.05, 4.69) is 104 Å². The molecule has 3 rings (SSSR count). The summed E-state index contributed by atoms with van der Waals surface area (Å²) in [6.07, 6.45) is 51.2. The number of hydrogen-bond donors (Lipinski definition) is 0. The molecular weight excluding hydrogens is 677 g/mol. The van der Waals surface area contributed by atoms with Crippen LogP contribution in [0, 0.1) is 0 Å². The third-order valence-electron chi connectivity index (χ3n) is 13.2. The van der Waals surface area contributed by atoms with Gasteiger partial charge in [0.1, 0.15) is 5.66 Å². The van der Waals surface area contributed by atoms with Gasteiger partial charge in [-0.05, 0) is 30.4 Å². The van der Waals surface area contributed by atoms with Crippen molar-refractivity contribution < 1.29 is 0 Å². The van der Waals surface area contributed by atoms with Crippen LogP contribution in [0.25, 0.3) is 0 Å². The van der Waals surface area contributed by atoms with Crippen molar-refractivity contribution in [2.24, 2.45) is 0 Å². The van der Waals surface area contributed by atoms with Crippen LogP contribution in [-0.4, -0.2) is 28.6 Å². The number of rotatable bonds is 38. The van der Waals surface area contributed by atoms with Crippen LogP contribution < -0.4 is 0 Å². The highest BCUT2D eigenvalue weighted by Gasteiger charge is 2.49. The summed E-state index contributed by atoms with van der Waals surface area (Å²) < 4.78 is 0. The summed E-state index contributed by atoms with van der Waals surface area (Å²) in [5.74, 6) is 0.441. The van der Waals surface area contributed by atoms with Crippen LogP contribution >= 0.6 is 0 Å². The largest absolute Gasteiger partial charge is 0.353 e. The van der Waals surface area contributed by atoms with Crippen molar-refractivity contribution in [1.82, 2.24) is 9.80 Å². The van der Waals surface area contributed by atoms with E-state index in [4.69, 9.17) is 0 Å². The molecule has 0 radical (unpaired) electrons. The summed E-state index contributed by atoms with van der Waals surface area (Å²) in [4.78, 5) is 5.60. The molecule has 2 aromatic carbocycles. The molecule has 2 unspecified atom stereocenters. The van der Waals surface area contributed by atoms with Gasteiger partial charge in [-0.2, -0.15) is 0 Å². The molecule has 2 aromatic rings. The summed E-state index contributed by atoms with van der Waals surface area (Å²) in [5, 5.41) is 0. The lowest BCUT2D eigenvalue weighted by molar-refractivity contribution is -0.00378. The summed E-state index contributed by atoms with van der Waals surface area (Å²) >= 11 is 0. The molecule has 0 aromatic heterocycles. The molecule has 0 spiro atoms. The van der Waals surface area contributed by atoms with Gasteiger partial charge in [0.15, 0.2) is 0 Å². The molecule has 0 aliphatic carbocycles. The quantitative estimate of drug-likeness (QED) is 0.0628. The van der Waals surface area contributed by atoms with Crippen LogP contribution in [-0.2, 0) is 6.42 Å². The zero-order valence-corrected chi connectivity index (χ0v) is 37.6. The smallest absolute Gasteiger partial charge is 0.123 e. The van der Waals surface area contributed by atoms with E-state index in [0.717, 1.165) is 25.9 Å². The number of nitrogens with zero attached hydrogens (tertiary/aromatic N) is 2. The molecular formula is C54H92N2. The Morgan fingerprint density at radius 3 is 1.00 bits per heavy atom. The van der Waals surface area contributed by atoms with Gasteiger partial charge in [0, 0.05) is 37.8 Å². The Bertz CT molecular complexity index is 1160. The highest BCUT2D eigenvalue weighted by molar-refractivity contribution is 5.30. The molecule has 0 saturated heterocycles. The molecule has 1 heterocycles. The Morgan fingerprint density at radius 2 is 0.679 bits per heavy atom. The van der Waals surface area contributed by atoms with Gasteiger partial charge < -0.3 is 9.80 Å². The van der Waals surface area contributed by atoms with Crippen molar-refractivity contribution in [3.05, 3.63) is 84.2 Å². The summed E-state index contributed by atoms with van der Waals surface area (Å²) in [6.45, 7) is 9.36. The van der Waals surface area contributed by atoms with E-state index in [9.17, 15) is 0 Å². The van der Waals surface area contributed by atoms with Crippen molar-refractivity contribution >= 4 is 0 Å². The second-order valence-electron chi connectivity index (χ2n) is 17.9. The van der Waals surface area contributed by atoms with Crippen LogP contribution in [0.3, 0.4) is 0 Å². The van der Waals surface area contributed by atoms with Gasteiger partial charge in [-0.3, -0.25) is 0 Å². The molecule has 2 heteroatoms. The first-order valence-electron chi connectivity index (χ1n) is 25.1. The standard InChI is InChI=1S/C54H92N2/c1-4-7-9-11-13-15-17-19-21-23-25-27-29-31-33-41-47-56-49-48-55(46-40-32-30-28-26-24-22-20-18-16-14-12-10-8-5-2)54(56,50-51-42-36-34-37-43-51)53(6-3)52-44-38-35-39-45-52/h34-39,42-45,48-49,53H,4-33,40-41,46-47,50H2,1-3H3. The third kappa shape index (κ3) is 19.5. The Labute approximate surface area is 350 Å². The number of unbranched alkanes of at least 4 members (excludes halogenated alkanes) is 29. The van der Waals surface area contributed by atoms with Crippen molar-refractivity contribution in [1.29, 1.82) is 0 Å². The Hall–Kier alpha value is -2.22. The van der Waals surface area contributed by atoms with E-state index >= 15 is 0 Å². The van der Waals surface area contributed by atoms with Crippen molar-refractivity contribution in [3.8, 4) is 0 Å². The highest BCUT2D eigenvalue weighted by atomic mass is 15.4. The molecule has 0 amide bonds. The average Bonchev–Trinajstić information content (AvgIpc) is 3.56. The van der Waals surface area contributed by atoms with Gasteiger partial charge in [-0.15, -0.1) is 0 Å². The van der Waals surface area contributed by atoms with Crippen LogP contribution in [0.4, 0.5) is 0 Å². The normalized spacial score (nSPS) is 16.0. The zero-order chi connectivity index (χ0) is 39.6. The molecule has 56 heavy (non-hydrogen) atoms. The van der Waals surface area contributed by atoms with Gasteiger partial charge in [0.2, 0.25) is 0 Å². The fraction of sp³-hybridized carbons (Fsp3) is 0.741. The van der Waals surface area contributed by atoms with Gasteiger partial charge in [-0.25, -0.2) is 0 Å². The Morgan fingerprint density at radius 1 is 0.375 bits per heavy atom. The lowest BCUT2D eigenvalue weighted by Crippen LogP contribution is -2.59. The minimum Gasteiger partial charge on any atom is -0.353 e. The second kappa shape index (κ2) is 32.7. The van der Waals surface area contributed by atoms with E-state index in [0.29, 0.717) is 5.92 Å². The Kier molecular flexibility index (Phi) is 28.1. The first kappa shape index (κ1) is 48.2. The average molecular weight is 769 g/mol. The summed E-state index contributed by atoms with van der Waals surface area (Å²) in [6, 6.07) is 22.9. The van der Waals surface area contributed by atoms with Gasteiger partial charge in [-0.1, -0.05) is 268 Å². The zero-order valence-electron chi connectivity index (χ0n) is 37.6. The molecule has 318 valence electrons. The summed E-state index contributed by atoms with van der Waals surface area (Å²) in [7, 11) is 0. The lowest BCUT2D eigenvalue weighted by atomic mass is 9.78. The molecule has 1 aliphatic heterocycles. The van der Waals surface area contributed by atoms with Crippen LogP contribution in [0.5, 0.6) is 0 Å². The molecule has 0 saturated carbocycles. The fourth-order valence-electron chi connectivity index (χ4n) is 9.74. The minimum atomic E-state index is -0.0665. The molecule has 0 fully saturated rings. The number of hydrogen-bond acceptors (Lipinski definition) is 2. The lowest BCUT2D eigenvalue weighted by Gasteiger charge is -2.51. The van der Waals surface area contributed by atoms with Crippen LogP contribution in [0.2, 0.25) is 0 Å². The van der Waals surface area contributed by atoms with Crippen molar-refractivity contribution in [2.75, 3.05) is 13.1 Å².